The molecule has 5 nitrogen and oxygen atoms in total. The number of rotatable bonds is 7. The first-order chi connectivity index (χ1) is 13.3. The maximum atomic E-state index is 5.02. The fraction of sp³-hybridized carbons (Fsp3) is 0.455. The van der Waals surface area contributed by atoms with Crippen LogP contribution in [-0.4, -0.2) is 34.8 Å². The van der Waals surface area contributed by atoms with Crippen LogP contribution >= 0.6 is 0 Å². The maximum Gasteiger partial charge on any atom is 0.133 e. The van der Waals surface area contributed by atoms with E-state index in [9.17, 15) is 0 Å². The zero-order chi connectivity index (χ0) is 18.5. The molecule has 0 amide bonds. The smallest absolute Gasteiger partial charge is 0.133 e. The first kappa shape index (κ1) is 18.0. The van der Waals surface area contributed by atoms with Crippen molar-refractivity contribution in [3.05, 3.63) is 53.3 Å². The number of aromatic nitrogens is 3. The van der Waals surface area contributed by atoms with E-state index in [1.165, 1.54) is 47.3 Å². The number of aryl methyl sites for hydroxylation is 2. The molecule has 5 heteroatoms. The molecule has 142 valence electrons. The highest BCUT2D eigenvalue weighted by molar-refractivity contribution is 5.81. The van der Waals surface area contributed by atoms with Crippen LogP contribution in [0.25, 0.3) is 10.9 Å². The third kappa shape index (κ3) is 4.30. The topological polar surface area (TPSA) is 56.8 Å². The fourth-order valence-corrected chi connectivity index (χ4v) is 3.91. The number of nitrogens with zero attached hydrogens (tertiary/aromatic N) is 3. The van der Waals surface area contributed by atoms with Crippen LogP contribution in [0.4, 0.5) is 5.82 Å². The Bertz CT molecular complexity index is 879. The van der Waals surface area contributed by atoms with E-state index >= 15 is 0 Å². The van der Waals surface area contributed by atoms with Crippen molar-refractivity contribution in [1.29, 1.82) is 0 Å². The summed E-state index contributed by atoms with van der Waals surface area (Å²) >= 11 is 0. The van der Waals surface area contributed by atoms with Crippen molar-refractivity contribution in [2.24, 2.45) is 0 Å². The van der Waals surface area contributed by atoms with Gasteiger partial charge in [-0.05, 0) is 63.3 Å². The number of pyridine rings is 1. The Morgan fingerprint density at radius 3 is 2.78 bits per heavy atom. The van der Waals surface area contributed by atoms with Gasteiger partial charge in [-0.1, -0.05) is 18.2 Å². The predicted octanol–water partition coefficient (Wildman–Crippen LogP) is 3.98. The molecule has 0 unspecified atom stereocenters. The second kappa shape index (κ2) is 8.53. The van der Waals surface area contributed by atoms with Crippen LogP contribution in [-0.2, 0) is 13.0 Å². The molecule has 1 fully saturated rings. The molecular formula is C22H29N5. The minimum atomic E-state index is 0.869. The van der Waals surface area contributed by atoms with Crippen molar-refractivity contribution in [2.45, 2.75) is 45.6 Å². The molecule has 0 radical (unpaired) electrons. The zero-order valence-electron chi connectivity index (χ0n) is 16.2. The van der Waals surface area contributed by atoms with E-state index in [0.717, 1.165) is 44.5 Å². The Balaban J connectivity index is 1.43. The number of piperidine rings is 1. The molecular weight excluding hydrogens is 334 g/mol. The summed E-state index contributed by atoms with van der Waals surface area (Å²) in [5.41, 5.74) is 4.91. The molecule has 0 saturated carbocycles. The minimum Gasteiger partial charge on any atom is -0.356 e. The van der Waals surface area contributed by atoms with Gasteiger partial charge >= 0.3 is 0 Å². The molecule has 0 atom stereocenters. The van der Waals surface area contributed by atoms with Crippen LogP contribution in [0.1, 0.15) is 42.5 Å². The normalized spacial score (nSPS) is 14.8. The van der Waals surface area contributed by atoms with Crippen molar-refractivity contribution in [2.75, 3.05) is 24.5 Å². The average Bonchev–Trinajstić information content (AvgIpc) is 3.12. The van der Waals surface area contributed by atoms with Gasteiger partial charge in [0.05, 0.1) is 11.7 Å². The first-order valence-corrected chi connectivity index (χ1v) is 10.1. The molecule has 1 saturated heterocycles. The summed E-state index contributed by atoms with van der Waals surface area (Å²) in [6.07, 6.45) is 7.99. The van der Waals surface area contributed by atoms with Crippen LogP contribution in [0.2, 0.25) is 0 Å². The van der Waals surface area contributed by atoms with E-state index in [2.05, 4.69) is 57.7 Å². The summed E-state index contributed by atoms with van der Waals surface area (Å²) in [5.74, 6) is 1.17. The number of nitrogens with one attached hydrogen (secondary N) is 2. The number of hydrogen-bond acceptors (Lipinski definition) is 4. The average molecular weight is 364 g/mol. The molecule has 0 aliphatic carbocycles. The molecule has 1 aromatic carbocycles. The molecule has 1 aliphatic heterocycles. The zero-order valence-corrected chi connectivity index (χ0v) is 16.2. The molecule has 0 spiro atoms. The highest BCUT2D eigenvalue weighted by atomic mass is 15.2. The van der Waals surface area contributed by atoms with Gasteiger partial charge in [0.2, 0.25) is 0 Å². The van der Waals surface area contributed by atoms with Gasteiger partial charge in [0, 0.05) is 36.3 Å². The maximum absolute atomic E-state index is 5.02. The van der Waals surface area contributed by atoms with Gasteiger partial charge in [0.1, 0.15) is 5.82 Å². The Kier molecular flexibility index (Phi) is 5.68. The molecule has 3 heterocycles. The summed E-state index contributed by atoms with van der Waals surface area (Å²) in [5, 5.41) is 12.0. The Morgan fingerprint density at radius 2 is 1.96 bits per heavy atom. The second-order valence-corrected chi connectivity index (χ2v) is 7.51. The van der Waals surface area contributed by atoms with Gasteiger partial charge in [-0.3, -0.25) is 5.10 Å². The quantitative estimate of drug-likeness (QED) is 0.624. The lowest BCUT2D eigenvalue weighted by molar-refractivity contribution is 0.569. The Hall–Kier alpha value is -2.40. The lowest BCUT2D eigenvalue weighted by atomic mass is 10.1. The van der Waals surface area contributed by atoms with Crippen LogP contribution in [0.15, 0.2) is 36.5 Å². The number of H-pyrrole nitrogens is 1. The van der Waals surface area contributed by atoms with Crippen molar-refractivity contribution in [3.63, 3.8) is 0 Å². The van der Waals surface area contributed by atoms with Gasteiger partial charge in [-0.15, -0.1) is 0 Å². The van der Waals surface area contributed by atoms with Gasteiger partial charge in [0.15, 0.2) is 0 Å². The summed E-state index contributed by atoms with van der Waals surface area (Å²) in [6, 6.07) is 10.8. The van der Waals surface area contributed by atoms with Gasteiger partial charge in [0.25, 0.3) is 0 Å². The largest absolute Gasteiger partial charge is 0.356 e. The van der Waals surface area contributed by atoms with E-state index in [1.54, 1.807) is 0 Å². The SMILES string of the molecule is Cc1[nH]ncc1CCCNCc1cc2ccccc2nc1N1CCCCC1. The number of para-hydroxylation sites is 1. The number of fused-ring (bicyclic) bond motifs is 1. The van der Waals surface area contributed by atoms with Crippen molar-refractivity contribution in [1.82, 2.24) is 20.5 Å². The highest BCUT2D eigenvalue weighted by Crippen LogP contribution is 2.26. The lowest BCUT2D eigenvalue weighted by Crippen LogP contribution is -2.31. The number of aromatic amines is 1. The van der Waals surface area contributed by atoms with Gasteiger partial charge in [-0.2, -0.15) is 5.10 Å². The second-order valence-electron chi connectivity index (χ2n) is 7.51. The standard InChI is InChI=1S/C22H29N5/c1-17-19(16-24-26-17)9-7-11-23-15-20-14-18-8-3-4-10-21(18)25-22(20)27-12-5-2-6-13-27/h3-4,8,10,14,16,23H,2,5-7,9,11-13,15H2,1H3,(H,24,26). The minimum absolute atomic E-state index is 0.869. The summed E-state index contributed by atoms with van der Waals surface area (Å²) < 4.78 is 0. The van der Waals surface area contributed by atoms with E-state index in [-0.39, 0.29) is 0 Å². The summed E-state index contributed by atoms with van der Waals surface area (Å²) in [6.45, 7) is 6.20. The van der Waals surface area contributed by atoms with Crippen LogP contribution < -0.4 is 10.2 Å². The molecule has 4 rings (SSSR count). The Morgan fingerprint density at radius 1 is 1.11 bits per heavy atom. The lowest BCUT2D eigenvalue weighted by Gasteiger charge is -2.30. The molecule has 2 aromatic heterocycles. The Labute approximate surface area is 161 Å². The van der Waals surface area contributed by atoms with Crippen LogP contribution in [0, 0.1) is 6.92 Å². The monoisotopic (exact) mass is 363 g/mol. The van der Waals surface area contributed by atoms with E-state index in [4.69, 9.17) is 4.98 Å². The predicted molar refractivity (Wildman–Crippen MR) is 111 cm³/mol. The number of benzene rings is 1. The van der Waals surface area contributed by atoms with E-state index in [0.29, 0.717) is 0 Å². The molecule has 0 bridgehead atoms. The van der Waals surface area contributed by atoms with Gasteiger partial charge < -0.3 is 10.2 Å². The third-order valence-corrected chi connectivity index (χ3v) is 5.49. The first-order valence-electron chi connectivity index (χ1n) is 10.1. The summed E-state index contributed by atoms with van der Waals surface area (Å²) in [7, 11) is 0. The number of anilines is 1. The fourth-order valence-electron chi connectivity index (χ4n) is 3.91. The van der Waals surface area contributed by atoms with Crippen LogP contribution in [0.3, 0.4) is 0 Å². The molecule has 1 aliphatic rings. The van der Waals surface area contributed by atoms with Gasteiger partial charge in [-0.25, -0.2) is 4.98 Å². The van der Waals surface area contributed by atoms with Crippen molar-refractivity contribution >= 4 is 16.7 Å². The highest BCUT2D eigenvalue weighted by Gasteiger charge is 2.16. The molecule has 3 aromatic rings. The van der Waals surface area contributed by atoms with Crippen molar-refractivity contribution < 1.29 is 0 Å². The third-order valence-electron chi connectivity index (χ3n) is 5.49. The van der Waals surface area contributed by atoms with Crippen molar-refractivity contribution in [3.8, 4) is 0 Å². The van der Waals surface area contributed by atoms with Crippen LogP contribution in [0.5, 0.6) is 0 Å². The van der Waals surface area contributed by atoms with E-state index < -0.39 is 0 Å². The summed E-state index contributed by atoms with van der Waals surface area (Å²) in [4.78, 5) is 7.50. The number of hydrogen-bond donors (Lipinski definition) is 2. The molecule has 2 N–H and O–H groups in total. The molecule has 27 heavy (non-hydrogen) atoms. The van der Waals surface area contributed by atoms with E-state index in [1.807, 2.05) is 6.20 Å².